The van der Waals surface area contributed by atoms with Gasteiger partial charge in [-0.15, -0.1) is 0 Å². The van der Waals surface area contributed by atoms with Crippen LogP contribution < -0.4 is 4.90 Å². The number of amides is 1. The topological polar surface area (TPSA) is 49.0 Å². The summed E-state index contributed by atoms with van der Waals surface area (Å²) in [6.45, 7) is 0. The van der Waals surface area contributed by atoms with Crippen LogP contribution in [0, 0.1) is 0 Å². The third kappa shape index (κ3) is 2.48. The predicted molar refractivity (Wildman–Crippen MR) is 86.0 cm³/mol. The van der Waals surface area contributed by atoms with E-state index >= 15 is 0 Å². The lowest BCUT2D eigenvalue weighted by Crippen LogP contribution is -2.14. The number of fused-ring (bicyclic) bond motifs is 1. The lowest BCUT2D eigenvalue weighted by atomic mass is 10.1. The van der Waals surface area contributed by atoms with Crippen molar-refractivity contribution in [1.82, 2.24) is 9.97 Å². The van der Waals surface area contributed by atoms with E-state index in [1.807, 2.05) is 24.3 Å². The van der Waals surface area contributed by atoms with Crippen molar-refractivity contribution < 1.29 is 4.79 Å². The van der Waals surface area contributed by atoms with E-state index < -0.39 is 0 Å². The quantitative estimate of drug-likeness (QED) is 0.738. The van der Waals surface area contributed by atoms with Gasteiger partial charge in [0.25, 0.3) is 0 Å². The van der Waals surface area contributed by atoms with Gasteiger partial charge in [0.05, 0.1) is 26.8 Å². The van der Waals surface area contributed by atoms with Crippen LogP contribution in [-0.4, -0.2) is 23.4 Å². The number of anilines is 1. The second kappa shape index (κ2) is 5.39. The van der Waals surface area contributed by atoms with E-state index in [4.69, 9.17) is 23.2 Å². The molecule has 21 heavy (non-hydrogen) atoms. The monoisotopic (exact) mass is 319 g/mol. The van der Waals surface area contributed by atoms with Crippen LogP contribution >= 0.6 is 23.2 Å². The van der Waals surface area contributed by atoms with Gasteiger partial charge in [-0.2, -0.15) is 0 Å². The fourth-order valence-electron chi connectivity index (χ4n) is 2.17. The van der Waals surface area contributed by atoms with Gasteiger partial charge in [-0.25, -0.2) is 4.98 Å². The minimum atomic E-state index is 0.459. The molecular weight excluding hydrogens is 309 g/mol. The zero-order valence-corrected chi connectivity index (χ0v) is 12.6. The van der Waals surface area contributed by atoms with Crippen molar-refractivity contribution in [2.75, 3.05) is 11.9 Å². The summed E-state index contributed by atoms with van der Waals surface area (Å²) in [5.41, 5.74) is 3.12. The van der Waals surface area contributed by atoms with E-state index in [2.05, 4.69) is 9.97 Å². The highest BCUT2D eigenvalue weighted by Crippen LogP contribution is 2.32. The number of benzene rings is 2. The van der Waals surface area contributed by atoms with Crippen LogP contribution in [-0.2, 0) is 4.79 Å². The summed E-state index contributed by atoms with van der Waals surface area (Å²) >= 11 is 12.0. The maximum Gasteiger partial charge on any atom is 0.213 e. The number of carbonyl (C=O) groups excluding carboxylic acids is 1. The first-order valence-corrected chi connectivity index (χ1v) is 6.98. The van der Waals surface area contributed by atoms with Crippen LogP contribution in [0.25, 0.3) is 22.4 Å². The number of aromatic amines is 1. The molecule has 0 saturated carbocycles. The van der Waals surface area contributed by atoms with Crippen molar-refractivity contribution in [3.63, 3.8) is 0 Å². The van der Waals surface area contributed by atoms with Gasteiger partial charge >= 0.3 is 0 Å². The van der Waals surface area contributed by atoms with Crippen LogP contribution in [0.15, 0.2) is 36.4 Å². The van der Waals surface area contributed by atoms with Crippen molar-refractivity contribution in [3.8, 4) is 11.4 Å². The van der Waals surface area contributed by atoms with Crippen LogP contribution in [0.2, 0.25) is 10.0 Å². The zero-order valence-electron chi connectivity index (χ0n) is 11.1. The lowest BCUT2D eigenvalue weighted by Gasteiger charge is -2.14. The molecule has 1 aromatic heterocycles. The zero-order chi connectivity index (χ0) is 15.0. The van der Waals surface area contributed by atoms with E-state index in [-0.39, 0.29) is 0 Å². The number of hydrogen-bond acceptors (Lipinski definition) is 2. The number of hydrogen-bond donors (Lipinski definition) is 1. The molecule has 0 atom stereocenters. The van der Waals surface area contributed by atoms with Gasteiger partial charge in [0.1, 0.15) is 5.82 Å². The summed E-state index contributed by atoms with van der Waals surface area (Å²) in [6, 6.07) is 11.0. The largest absolute Gasteiger partial charge is 0.338 e. The van der Waals surface area contributed by atoms with Gasteiger partial charge in [-0.05, 0) is 24.3 Å². The van der Waals surface area contributed by atoms with Gasteiger partial charge in [0, 0.05) is 12.6 Å². The molecule has 0 aliphatic heterocycles. The van der Waals surface area contributed by atoms with E-state index in [1.54, 1.807) is 19.2 Å². The van der Waals surface area contributed by atoms with Crippen molar-refractivity contribution in [2.45, 2.75) is 0 Å². The smallest absolute Gasteiger partial charge is 0.213 e. The first-order valence-electron chi connectivity index (χ1n) is 6.22. The Bertz CT molecular complexity index is 790. The standard InChI is InChI=1S/C15H11Cl2N3O/c1-20(8-21)14-5-3-2-4-9(14)15-18-12-6-10(16)11(17)7-13(12)19-15/h2-8H,1H3,(H,18,19). The minimum Gasteiger partial charge on any atom is -0.338 e. The summed E-state index contributed by atoms with van der Waals surface area (Å²) in [5.74, 6) is 0.660. The fourth-order valence-corrected chi connectivity index (χ4v) is 2.49. The molecule has 3 rings (SSSR count). The molecule has 0 bridgehead atoms. The van der Waals surface area contributed by atoms with Crippen LogP contribution in [0.5, 0.6) is 0 Å². The summed E-state index contributed by atoms with van der Waals surface area (Å²) in [5, 5.41) is 0.929. The molecule has 0 saturated heterocycles. The van der Waals surface area contributed by atoms with Gasteiger partial charge in [0.15, 0.2) is 0 Å². The molecule has 1 amide bonds. The first kappa shape index (κ1) is 13.9. The Hall–Kier alpha value is -2.04. The van der Waals surface area contributed by atoms with Gasteiger partial charge in [-0.1, -0.05) is 35.3 Å². The molecule has 0 unspecified atom stereocenters. The van der Waals surface area contributed by atoms with Gasteiger partial charge in [-0.3, -0.25) is 4.79 Å². The highest BCUT2D eigenvalue weighted by molar-refractivity contribution is 6.42. The number of rotatable bonds is 3. The number of nitrogens with one attached hydrogen (secondary N) is 1. The second-order valence-electron chi connectivity index (χ2n) is 4.60. The summed E-state index contributed by atoms with van der Waals surface area (Å²) in [6.07, 6.45) is 0.759. The number of aromatic nitrogens is 2. The van der Waals surface area contributed by atoms with Crippen molar-refractivity contribution >= 4 is 46.3 Å². The summed E-state index contributed by atoms with van der Waals surface area (Å²) in [4.78, 5) is 20.2. The summed E-state index contributed by atoms with van der Waals surface area (Å²) < 4.78 is 0. The van der Waals surface area contributed by atoms with Crippen LogP contribution in [0.1, 0.15) is 0 Å². The molecule has 0 fully saturated rings. The van der Waals surface area contributed by atoms with E-state index in [0.29, 0.717) is 15.9 Å². The molecular formula is C15H11Cl2N3O. The molecule has 3 aromatic rings. The molecule has 0 aliphatic rings. The molecule has 2 aromatic carbocycles. The number of H-pyrrole nitrogens is 1. The normalized spacial score (nSPS) is 10.8. The predicted octanol–water partition coefficient (Wildman–Crippen LogP) is 4.13. The maximum absolute atomic E-state index is 11.0. The first-order chi connectivity index (χ1) is 10.1. The Morgan fingerprint density at radius 3 is 2.67 bits per heavy atom. The maximum atomic E-state index is 11.0. The van der Waals surface area contributed by atoms with E-state index in [1.165, 1.54) is 4.90 Å². The summed E-state index contributed by atoms with van der Waals surface area (Å²) in [7, 11) is 1.70. The molecule has 0 aliphatic carbocycles. The number of nitrogens with zero attached hydrogens (tertiary/aromatic N) is 2. The highest BCUT2D eigenvalue weighted by atomic mass is 35.5. The molecule has 1 heterocycles. The number of halogens is 2. The SMILES string of the molecule is CN(C=O)c1ccccc1-c1nc2cc(Cl)c(Cl)cc2[nH]1. The Labute approximate surface area is 131 Å². The van der Waals surface area contributed by atoms with Crippen molar-refractivity contribution in [3.05, 3.63) is 46.4 Å². The Morgan fingerprint density at radius 2 is 1.90 bits per heavy atom. The minimum absolute atomic E-state index is 0.459. The number of imidazole rings is 1. The van der Waals surface area contributed by atoms with Gasteiger partial charge in [0.2, 0.25) is 6.41 Å². The van der Waals surface area contributed by atoms with E-state index in [9.17, 15) is 4.79 Å². The van der Waals surface area contributed by atoms with Crippen LogP contribution in [0.3, 0.4) is 0 Å². The van der Waals surface area contributed by atoms with Crippen molar-refractivity contribution in [2.24, 2.45) is 0 Å². The Kier molecular flexibility index (Phi) is 3.57. The van der Waals surface area contributed by atoms with E-state index in [0.717, 1.165) is 28.7 Å². The van der Waals surface area contributed by atoms with Gasteiger partial charge < -0.3 is 9.88 Å². The number of para-hydroxylation sites is 1. The molecule has 0 spiro atoms. The second-order valence-corrected chi connectivity index (χ2v) is 5.42. The molecule has 1 N–H and O–H groups in total. The molecule has 6 heteroatoms. The highest BCUT2D eigenvalue weighted by Gasteiger charge is 2.13. The molecule has 0 radical (unpaired) electrons. The Balaban J connectivity index is 2.19. The Morgan fingerprint density at radius 1 is 1.19 bits per heavy atom. The number of carbonyl (C=O) groups is 1. The molecule has 4 nitrogen and oxygen atoms in total. The van der Waals surface area contributed by atoms with Crippen LogP contribution in [0.4, 0.5) is 5.69 Å². The average Bonchev–Trinajstić information content (AvgIpc) is 2.89. The fraction of sp³-hybridized carbons (Fsp3) is 0.0667. The average molecular weight is 320 g/mol. The molecule has 106 valence electrons. The lowest BCUT2D eigenvalue weighted by molar-refractivity contribution is -0.107. The van der Waals surface area contributed by atoms with Crippen molar-refractivity contribution in [1.29, 1.82) is 0 Å². The third-order valence-electron chi connectivity index (χ3n) is 3.22. The third-order valence-corrected chi connectivity index (χ3v) is 3.94.